The molecule has 1 N–H and O–H groups in total. The minimum Gasteiger partial charge on any atom is -0.481 e. The molecule has 0 bridgehead atoms. The summed E-state index contributed by atoms with van der Waals surface area (Å²) in [4.78, 5) is 31.7. The van der Waals surface area contributed by atoms with Gasteiger partial charge in [-0.15, -0.1) is 0 Å². The van der Waals surface area contributed by atoms with E-state index in [2.05, 4.69) is 4.98 Å². The third kappa shape index (κ3) is 3.22. The van der Waals surface area contributed by atoms with Crippen molar-refractivity contribution in [3.63, 3.8) is 0 Å². The second-order valence-corrected chi connectivity index (χ2v) is 6.85. The van der Waals surface area contributed by atoms with Crippen LogP contribution in [0.2, 0.25) is 0 Å². The molecule has 1 aromatic carbocycles. The van der Waals surface area contributed by atoms with Crippen LogP contribution < -0.4 is 14.4 Å². The Hall–Kier alpha value is -2.93. The van der Waals surface area contributed by atoms with Crippen LogP contribution in [0.4, 0.5) is 5.69 Å². The first-order valence-electron chi connectivity index (χ1n) is 9.13. The molecule has 0 saturated heterocycles. The number of aromatic nitrogens is 1. The van der Waals surface area contributed by atoms with Crippen molar-refractivity contribution >= 4 is 17.4 Å². The molecule has 0 fully saturated rings. The normalized spacial score (nSPS) is 18.2. The Morgan fingerprint density at radius 2 is 1.96 bits per heavy atom. The first-order chi connectivity index (χ1) is 13.3. The second-order valence-electron chi connectivity index (χ2n) is 6.85. The van der Waals surface area contributed by atoms with Gasteiger partial charge in [0.25, 0.3) is 5.91 Å². The predicted octanol–water partition coefficient (Wildman–Crippen LogP) is 2.62. The number of rotatable bonds is 7. The van der Waals surface area contributed by atoms with E-state index in [1.165, 1.54) is 26.4 Å². The lowest BCUT2D eigenvalue weighted by atomic mass is 9.87. The lowest BCUT2D eigenvalue weighted by Gasteiger charge is -2.23. The third-order valence-electron chi connectivity index (χ3n) is 4.89. The Bertz CT molecular complexity index is 927. The van der Waals surface area contributed by atoms with Gasteiger partial charge in [0.15, 0.2) is 11.4 Å². The van der Waals surface area contributed by atoms with Crippen LogP contribution in [0.15, 0.2) is 30.3 Å². The van der Waals surface area contributed by atoms with Gasteiger partial charge in [-0.25, -0.2) is 0 Å². The fourth-order valence-corrected chi connectivity index (χ4v) is 3.51. The van der Waals surface area contributed by atoms with E-state index in [0.717, 1.165) is 12.0 Å². The van der Waals surface area contributed by atoms with Crippen LogP contribution in [-0.4, -0.2) is 42.5 Å². The van der Waals surface area contributed by atoms with Crippen molar-refractivity contribution in [1.82, 2.24) is 4.98 Å². The molecule has 1 aromatic heterocycles. The molecular weight excluding hydrogens is 360 g/mol. The van der Waals surface area contributed by atoms with Crippen LogP contribution in [0.5, 0.6) is 11.8 Å². The highest BCUT2D eigenvalue weighted by Gasteiger charge is 2.50. The van der Waals surface area contributed by atoms with Gasteiger partial charge in [-0.2, -0.15) is 4.98 Å². The molecule has 0 radical (unpaired) electrons. The van der Waals surface area contributed by atoms with Gasteiger partial charge >= 0.3 is 0 Å². The van der Waals surface area contributed by atoms with Crippen molar-refractivity contribution < 1.29 is 24.2 Å². The molecule has 1 atom stereocenters. The molecule has 28 heavy (non-hydrogen) atoms. The standard InChI is InChI=1S/C21H24N2O5/c1-5-10-23-16-8-6-13(2)11-15(16)21(26,20(23)25)12-17(24)14-7-9-18(27-3)22-19(14)28-4/h6-9,11,26H,5,10,12H2,1-4H3. The van der Waals surface area contributed by atoms with Crippen molar-refractivity contribution in [3.8, 4) is 11.8 Å². The van der Waals surface area contributed by atoms with E-state index in [1.54, 1.807) is 11.0 Å². The number of nitrogens with zero attached hydrogens (tertiary/aromatic N) is 2. The molecule has 1 unspecified atom stereocenters. The van der Waals surface area contributed by atoms with E-state index in [4.69, 9.17) is 9.47 Å². The fourth-order valence-electron chi connectivity index (χ4n) is 3.51. The Labute approximate surface area is 163 Å². The van der Waals surface area contributed by atoms with Crippen LogP contribution in [0.25, 0.3) is 0 Å². The SMILES string of the molecule is CCCN1C(=O)C(O)(CC(=O)c2ccc(OC)nc2OC)c2cc(C)ccc21. The molecule has 7 nitrogen and oxygen atoms in total. The smallest absolute Gasteiger partial charge is 0.264 e. The number of fused-ring (bicyclic) bond motifs is 1. The first-order valence-corrected chi connectivity index (χ1v) is 9.13. The number of amides is 1. The Morgan fingerprint density at radius 3 is 2.61 bits per heavy atom. The van der Waals surface area contributed by atoms with Crippen molar-refractivity contribution in [2.45, 2.75) is 32.3 Å². The summed E-state index contributed by atoms with van der Waals surface area (Å²) in [7, 11) is 2.86. The zero-order valence-electron chi connectivity index (χ0n) is 16.5. The number of aryl methyl sites for hydroxylation is 1. The third-order valence-corrected chi connectivity index (χ3v) is 4.89. The van der Waals surface area contributed by atoms with Gasteiger partial charge in [-0.05, 0) is 25.5 Å². The summed E-state index contributed by atoms with van der Waals surface area (Å²) >= 11 is 0. The van der Waals surface area contributed by atoms with Crippen LogP contribution >= 0.6 is 0 Å². The molecule has 7 heteroatoms. The second kappa shape index (κ2) is 7.59. The Balaban J connectivity index is 2.00. The molecule has 1 aliphatic rings. The monoisotopic (exact) mass is 384 g/mol. The number of hydrogen-bond acceptors (Lipinski definition) is 6. The molecular formula is C21H24N2O5. The van der Waals surface area contributed by atoms with Crippen molar-refractivity contribution in [1.29, 1.82) is 0 Å². The quantitative estimate of drug-likeness (QED) is 0.738. The van der Waals surface area contributed by atoms with Crippen LogP contribution in [0.1, 0.15) is 41.3 Å². The lowest BCUT2D eigenvalue weighted by molar-refractivity contribution is -0.135. The Kier molecular flexibility index (Phi) is 5.38. The van der Waals surface area contributed by atoms with E-state index in [1.807, 2.05) is 26.0 Å². The van der Waals surface area contributed by atoms with Gasteiger partial charge in [0.2, 0.25) is 11.8 Å². The molecule has 0 aliphatic carbocycles. The number of methoxy groups -OCH3 is 2. The fraction of sp³-hybridized carbons (Fsp3) is 0.381. The molecule has 2 heterocycles. The summed E-state index contributed by atoms with van der Waals surface area (Å²) in [6, 6.07) is 8.53. The number of carbonyl (C=O) groups is 2. The highest BCUT2D eigenvalue weighted by atomic mass is 16.5. The zero-order chi connectivity index (χ0) is 20.5. The van der Waals surface area contributed by atoms with Gasteiger partial charge in [0, 0.05) is 18.2 Å². The van der Waals surface area contributed by atoms with Crippen LogP contribution in [0.3, 0.4) is 0 Å². The van der Waals surface area contributed by atoms with E-state index < -0.39 is 23.7 Å². The number of hydrogen-bond donors (Lipinski definition) is 1. The Morgan fingerprint density at radius 1 is 1.21 bits per heavy atom. The van der Waals surface area contributed by atoms with Crippen molar-refractivity contribution in [3.05, 3.63) is 47.0 Å². The van der Waals surface area contributed by atoms with E-state index >= 15 is 0 Å². The summed E-state index contributed by atoms with van der Waals surface area (Å²) in [5, 5.41) is 11.3. The highest BCUT2D eigenvalue weighted by molar-refractivity contribution is 6.11. The number of anilines is 1. The molecule has 1 amide bonds. The molecule has 0 spiro atoms. The van der Waals surface area contributed by atoms with Crippen LogP contribution in [0, 0.1) is 6.92 Å². The van der Waals surface area contributed by atoms with E-state index in [0.29, 0.717) is 23.7 Å². The van der Waals surface area contributed by atoms with Gasteiger partial charge in [-0.3, -0.25) is 9.59 Å². The number of benzene rings is 1. The topological polar surface area (TPSA) is 89.0 Å². The summed E-state index contributed by atoms with van der Waals surface area (Å²) in [6.45, 7) is 4.31. The van der Waals surface area contributed by atoms with E-state index in [9.17, 15) is 14.7 Å². The largest absolute Gasteiger partial charge is 0.481 e. The molecule has 0 saturated carbocycles. The zero-order valence-corrected chi connectivity index (χ0v) is 16.5. The van der Waals surface area contributed by atoms with Gasteiger partial charge < -0.3 is 19.5 Å². The number of ether oxygens (including phenoxy) is 2. The average molecular weight is 384 g/mol. The summed E-state index contributed by atoms with van der Waals surface area (Å²) in [5.74, 6) is -0.523. The first kappa shape index (κ1) is 19.8. The molecule has 1 aliphatic heterocycles. The predicted molar refractivity (Wildman–Crippen MR) is 104 cm³/mol. The number of aliphatic hydroxyl groups is 1. The van der Waals surface area contributed by atoms with Crippen molar-refractivity contribution in [2.24, 2.45) is 0 Å². The van der Waals surface area contributed by atoms with Gasteiger partial charge in [0.1, 0.15) is 0 Å². The minimum absolute atomic E-state index is 0.0910. The molecule has 2 aromatic rings. The van der Waals surface area contributed by atoms with Crippen LogP contribution in [-0.2, 0) is 10.4 Å². The maximum absolute atomic E-state index is 13.1. The summed E-state index contributed by atoms with van der Waals surface area (Å²) in [5.41, 5.74) is 0.276. The number of pyridine rings is 1. The average Bonchev–Trinajstić information content (AvgIpc) is 2.89. The number of ketones is 1. The van der Waals surface area contributed by atoms with Gasteiger partial charge in [-0.1, -0.05) is 24.6 Å². The molecule has 3 rings (SSSR count). The van der Waals surface area contributed by atoms with Crippen molar-refractivity contribution in [2.75, 3.05) is 25.7 Å². The van der Waals surface area contributed by atoms with Gasteiger partial charge in [0.05, 0.1) is 31.9 Å². The highest BCUT2D eigenvalue weighted by Crippen LogP contribution is 2.43. The maximum atomic E-state index is 13.1. The summed E-state index contributed by atoms with van der Waals surface area (Å²) in [6.07, 6.45) is 0.339. The molecule has 148 valence electrons. The van der Waals surface area contributed by atoms with E-state index in [-0.39, 0.29) is 11.4 Å². The minimum atomic E-state index is -1.92. The number of Topliss-reactive ketones (excluding diaryl/α,β-unsaturated/α-hetero) is 1. The number of carbonyl (C=O) groups excluding carboxylic acids is 2. The maximum Gasteiger partial charge on any atom is 0.264 e. The lowest BCUT2D eigenvalue weighted by Crippen LogP contribution is -2.42. The summed E-state index contributed by atoms with van der Waals surface area (Å²) < 4.78 is 10.2.